The van der Waals surface area contributed by atoms with Crippen LogP contribution in [0.4, 0.5) is 34.1 Å². The maximum Gasteiger partial charge on any atom is 0.252 e. The molecule has 3 nitrogen and oxygen atoms in total. The molecular weight excluding hydrogens is 1310 g/mol. The summed E-state index contributed by atoms with van der Waals surface area (Å²) in [5.41, 5.74) is 45.8. The molecule has 17 aromatic carbocycles. The fraction of sp³-hybridized carbons (Fsp3) is 0.0286. The van der Waals surface area contributed by atoms with E-state index < -0.39 is 16.2 Å². The highest BCUT2D eigenvalue weighted by molar-refractivity contribution is 7.01. The van der Waals surface area contributed by atoms with Crippen LogP contribution >= 0.6 is 0 Å². The molecule has 0 fully saturated rings. The smallest absolute Gasteiger partial charge is 0.252 e. The van der Waals surface area contributed by atoms with E-state index >= 15 is 0 Å². The Hall–Kier alpha value is -13.8. The van der Waals surface area contributed by atoms with Gasteiger partial charge in [-0.05, 0) is 210 Å². The summed E-state index contributed by atoms with van der Waals surface area (Å²) in [6.45, 7) is -0.323. The van der Waals surface area contributed by atoms with Crippen molar-refractivity contribution in [1.29, 1.82) is 0 Å². The predicted molar refractivity (Wildman–Crippen MR) is 449 cm³/mol. The standard InChI is InChI=1S/C105H62BN3/c1-2-27-63(28-3-1)64-53-55-65(56-54-64)107-96-62-90-79(74-36-11-19-45-84(74)104(90)82-43-17-6-31-69(82)70-32-7-18-44-83(70)104)61-91(96)106-101-97(107)59-66(108-92-50-24-13-37-75(92)76-38-14-25-51-93(76)108)60-98(101)109(94-52-26-40-77-73-35-10-22-48-87(73)105(100(77)94)85-46-20-8-33-71(85)72-34-9-21-47-86(72)105)95-58-57-89-99(102(95)106)78-39-12-23-49-88(78)103(89)80-41-15-4-29-67(80)68-30-5-16-42-81(68)103/h1-62H. The first-order valence-electron chi connectivity index (χ1n) is 38.4. The Balaban J connectivity index is 0.864. The summed E-state index contributed by atoms with van der Waals surface area (Å²) in [6.07, 6.45) is 0. The van der Waals surface area contributed by atoms with Crippen molar-refractivity contribution >= 4 is 79.0 Å². The van der Waals surface area contributed by atoms with Crippen LogP contribution in [-0.2, 0) is 16.2 Å². The Labute approximate surface area is 631 Å². The Morgan fingerprint density at radius 1 is 0.211 bits per heavy atom. The quantitative estimate of drug-likeness (QED) is 0.163. The SMILES string of the molecule is c1ccc(-c2ccc(N3c4cc5c(cc4B4c6c3cc(-n3c7ccccc7c7ccccc73)cc6N(c3cccc6c3C3(c7ccccc7-c7ccccc73)c3ccccc3-6)c3ccc6c(c34)-c3ccccc3C63c4ccccc4-c4ccccc43)-c3ccccc3C53c4ccccc4-c4ccccc43)cc2)cc1. The van der Waals surface area contributed by atoms with Crippen LogP contribution in [0.2, 0.25) is 0 Å². The number of hydrogen-bond acceptors (Lipinski definition) is 2. The fourth-order valence-electron chi connectivity index (χ4n) is 22.9. The number of benzene rings is 17. The summed E-state index contributed by atoms with van der Waals surface area (Å²) in [5.74, 6) is 0. The molecule has 2 aliphatic heterocycles. The first kappa shape index (κ1) is 58.5. The van der Waals surface area contributed by atoms with E-state index in [1.165, 1.54) is 183 Å². The summed E-state index contributed by atoms with van der Waals surface area (Å²) >= 11 is 0. The lowest BCUT2D eigenvalue weighted by Crippen LogP contribution is -2.62. The van der Waals surface area contributed by atoms with Gasteiger partial charge in [-0.2, -0.15) is 0 Å². The first-order valence-corrected chi connectivity index (χ1v) is 38.4. The van der Waals surface area contributed by atoms with Crippen molar-refractivity contribution in [1.82, 2.24) is 4.57 Å². The monoisotopic (exact) mass is 1380 g/mol. The van der Waals surface area contributed by atoms with Crippen molar-refractivity contribution in [2.24, 2.45) is 0 Å². The molecule has 3 heterocycles. The van der Waals surface area contributed by atoms with E-state index in [4.69, 9.17) is 0 Å². The van der Waals surface area contributed by atoms with E-state index in [1.807, 2.05) is 0 Å². The fourth-order valence-corrected chi connectivity index (χ4v) is 22.9. The third kappa shape index (κ3) is 6.92. The van der Waals surface area contributed by atoms with Crippen molar-refractivity contribution in [2.75, 3.05) is 9.80 Å². The van der Waals surface area contributed by atoms with Gasteiger partial charge in [-0.3, -0.25) is 0 Å². The van der Waals surface area contributed by atoms with Crippen molar-refractivity contribution in [3.63, 3.8) is 0 Å². The lowest BCUT2D eigenvalue weighted by Gasteiger charge is -2.46. The van der Waals surface area contributed by atoms with Gasteiger partial charge < -0.3 is 14.4 Å². The van der Waals surface area contributed by atoms with Gasteiger partial charge in [-0.1, -0.05) is 322 Å². The number of aromatic nitrogens is 1. The summed E-state index contributed by atoms with van der Waals surface area (Å²) in [5, 5.41) is 2.44. The second kappa shape index (κ2) is 20.8. The largest absolute Gasteiger partial charge is 0.311 e. The molecular formula is C105H62BN3. The van der Waals surface area contributed by atoms with Crippen LogP contribution < -0.4 is 26.2 Å². The number of para-hydroxylation sites is 2. The number of hydrogen-bond donors (Lipinski definition) is 0. The van der Waals surface area contributed by atoms with E-state index in [0.717, 1.165) is 39.5 Å². The predicted octanol–water partition coefficient (Wildman–Crippen LogP) is 23.6. The molecule has 1 aromatic heterocycles. The topological polar surface area (TPSA) is 11.4 Å². The average molecular weight is 1380 g/mol. The maximum absolute atomic E-state index is 2.80. The second-order valence-electron chi connectivity index (χ2n) is 31.0. The second-order valence-corrected chi connectivity index (χ2v) is 31.0. The molecule has 0 amide bonds. The van der Waals surface area contributed by atoms with Crippen LogP contribution in [0.15, 0.2) is 376 Å². The molecule has 8 aliphatic rings. The molecule has 18 aromatic rings. The number of nitrogens with zero attached hydrogens (tertiary/aromatic N) is 3. The Kier molecular flexibility index (Phi) is 11.2. The van der Waals surface area contributed by atoms with Crippen molar-refractivity contribution in [2.45, 2.75) is 16.2 Å². The minimum Gasteiger partial charge on any atom is -0.311 e. The van der Waals surface area contributed by atoms with Gasteiger partial charge in [0, 0.05) is 44.8 Å². The maximum atomic E-state index is 2.80. The molecule has 0 saturated heterocycles. The van der Waals surface area contributed by atoms with Gasteiger partial charge >= 0.3 is 0 Å². The Bertz CT molecular complexity index is 6950. The van der Waals surface area contributed by atoms with Crippen LogP contribution in [0.3, 0.4) is 0 Å². The van der Waals surface area contributed by atoms with Crippen molar-refractivity contribution in [3.05, 3.63) is 443 Å². The molecule has 4 heteroatoms. The minimum atomic E-state index is -0.692. The highest BCUT2D eigenvalue weighted by atomic mass is 15.2. The van der Waals surface area contributed by atoms with E-state index in [-0.39, 0.29) is 6.71 Å². The van der Waals surface area contributed by atoms with E-state index in [0.29, 0.717) is 0 Å². The summed E-state index contributed by atoms with van der Waals surface area (Å²) in [7, 11) is 0. The van der Waals surface area contributed by atoms with Gasteiger partial charge in [0.1, 0.15) is 0 Å². The van der Waals surface area contributed by atoms with Crippen molar-refractivity contribution < 1.29 is 0 Å². The van der Waals surface area contributed by atoms with Gasteiger partial charge in [0.25, 0.3) is 6.71 Å². The minimum absolute atomic E-state index is 0.323. The van der Waals surface area contributed by atoms with Crippen LogP contribution in [0.1, 0.15) is 66.8 Å². The van der Waals surface area contributed by atoms with Crippen LogP contribution in [0, 0.1) is 0 Å². The molecule has 500 valence electrons. The zero-order valence-electron chi connectivity index (χ0n) is 59.2. The van der Waals surface area contributed by atoms with Gasteiger partial charge in [-0.15, -0.1) is 0 Å². The molecule has 26 rings (SSSR count). The highest BCUT2D eigenvalue weighted by Crippen LogP contribution is 2.69. The zero-order valence-corrected chi connectivity index (χ0v) is 59.2. The third-order valence-corrected chi connectivity index (χ3v) is 26.6. The van der Waals surface area contributed by atoms with E-state index in [9.17, 15) is 0 Å². The summed E-state index contributed by atoms with van der Waals surface area (Å²) in [6, 6.07) is 146. The zero-order chi connectivity index (χ0) is 70.7. The molecule has 6 aliphatic carbocycles. The average Bonchev–Trinajstić information content (AvgIpc) is 1.56. The van der Waals surface area contributed by atoms with Crippen LogP contribution in [0.5, 0.6) is 0 Å². The highest BCUT2D eigenvalue weighted by Gasteiger charge is 2.59. The molecule has 0 radical (unpaired) electrons. The molecule has 0 saturated carbocycles. The van der Waals surface area contributed by atoms with E-state index in [2.05, 4.69) is 390 Å². The van der Waals surface area contributed by atoms with E-state index in [1.54, 1.807) is 0 Å². The molecule has 0 bridgehead atoms. The molecule has 0 atom stereocenters. The molecule has 0 N–H and O–H groups in total. The number of anilines is 6. The number of fused-ring (bicyclic) bond motifs is 38. The number of rotatable bonds is 4. The Morgan fingerprint density at radius 2 is 0.606 bits per heavy atom. The lowest BCUT2D eigenvalue weighted by molar-refractivity contribution is 0.792. The lowest BCUT2D eigenvalue weighted by atomic mass is 9.32. The van der Waals surface area contributed by atoms with Crippen LogP contribution in [-0.4, -0.2) is 11.3 Å². The summed E-state index contributed by atoms with van der Waals surface area (Å²) in [4.78, 5) is 5.51. The van der Waals surface area contributed by atoms with Gasteiger partial charge in [0.2, 0.25) is 0 Å². The van der Waals surface area contributed by atoms with Gasteiger partial charge in [0.05, 0.1) is 38.7 Å². The molecule has 3 spiro atoms. The Morgan fingerprint density at radius 3 is 1.12 bits per heavy atom. The van der Waals surface area contributed by atoms with Crippen LogP contribution in [0.25, 0.3) is 105 Å². The third-order valence-electron chi connectivity index (χ3n) is 26.6. The van der Waals surface area contributed by atoms with Crippen molar-refractivity contribution in [3.8, 4) is 83.6 Å². The van der Waals surface area contributed by atoms with Gasteiger partial charge in [0.15, 0.2) is 0 Å². The molecule has 0 unspecified atom stereocenters. The molecule has 109 heavy (non-hydrogen) atoms. The summed E-state index contributed by atoms with van der Waals surface area (Å²) < 4.78 is 2.57. The van der Waals surface area contributed by atoms with Gasteiger partial charge in [-0.25, -0.2) is 0 Å². The normalized spacial score (nSPS) is 15.0. The first-order chi connectivity index (χ1) is 54.1.